The highest BCUT2D eigenvalue weighted by Gasteiger charge is 2.19. The Morgan fingerprint density at radius 1 is 0.313 bits per heavy atom. The van der Waals surface area contributed by atoms with Crippen LogP contribution in [0.25, 0.3) is 0 Å². The molecule has 384 valence electrons. The van der Waals surface area contributed by atoms with E-state index >= 15 is 0 Å². The molecule has 0 radical (unpaired) electrons. The van der Waals surface area contributed by atoms with E-state index in [0.29, 0.717) is 19.3 Å². The van der Waals surface area contributed by atoms with Crippen molar-refractivity contribution in [3.63, 3.8) is 0 Å². The molecule has 0 aliphatic rings. The molecule has 0 heterocycles. The molecule has 0 unspecified atom stereocenters. The van der Waals surface area contributed by atoms with Crippen molar-refractivity contribution in [1.29, 1.82) is 0 Å². The summed E-state index contributed by atoms with van der Waals surface area (Å²) in [5.74, 6) is -0.951. The van der Waals surface area contributed by atoms with Crippen molar-refractivity contribution in [3.05, 3.63) is 85.1 Å². The maximum Gasteiger partial charge on any atom is 0.306 e. The van der Waals surface area contributed by atoms with E-state index < -0.39 is 6.10 Å². The molecule has 0 aromatic carbocycles. The highest BCUT2D eigenvalue weighted by molar-refractivity contribution is 5.71. The molecule has 6 nitrogen and oxygen atoms in total. The number of carbonyl (C=O) groups is 3. The first kappa shape index (κ1) is 63.6. The van der Waals surface area contributed by atoms with E-state index in [1.807, 2.05) is 0 Å². The van der Waals surface area contributed by atoms with Crippen molar-refractivity contribution >= 4 is 17.9 Å². The van der Waals surface area contributed by atoms with Gasteiger partial charge in [0.25, 0.3) is 0 Å². The minimum Gasteiger partial charge on any atom is -0.462 e. The summed E-state index contributed by atoms with van der Waals surface area (Å²) in [7, 11) is 0. The number of rotatable bonds is 50. The van der Waals surface area contributed by atoms with Crippen LogP contribution in [0, 0.1) is 0 Å². The molecule has 6 heteroatoms. The van der Waals surface area contributed by atoms with Crippen LogP contribution in [0.2, 0.25) is 0 Å². The largest absolute Gasteiger partial charge is 0.462 e. The van der Waals surface area contributed by atoms with Crippen molar-refractivity contribution < 1.29 is 28.6 Å². The Bertz CT molecular complexity index is 1300. The lowest BCUT2D eigenvalue weighted by atomic mass is 10.1. The number of carbonyl (C=O) groups excluding carboxylic acids is 3. The van der Waals surface area contributed by atoms with Crippen molar-refractivity contribution in [1.82, 2.24) is 0 Å². The molecule has 0 bridgehead atoms. The lowest BCUT2D eigenvalue weighted by molar-refractivity contribution is -0.167. The molecule has 0 aromatic rings. The summed E-state index contributed by atoms with van der Waals surface area (Å²) in [4.78, 5) is 38.1. The number of hydrogen-bond acceptors (Lipinski definition) is 6. The maximum absolute atomic E-state index is 12.9. The van der Waals surface area contributed by atoms with Crippen LogP contribution >= 0.6 is 0 Å². The molecule has 67 heavy (non-hydrogen) atoms. The maximum atomic E-state index is 12.9. The smallest absolute Gasteiger partial charge is 0.306 e. The van der Waals surface area contributed by atoms with Gasteiger partial charge in [-0.15, -0.1) is 0 Å². The predicted octanol–water partition coefficient (Wildman–Crippen LogP) is 18.8. The van der Waals surface area contributed by atoms with Gasteiger partial charge in [0.05, 0.1) is 0 Å². The third kappa shape index (κ3) is 53.4. The van der Waals surface area contributed by atoms with Crippen LogP contribution in [0.5, 0.6) is 0 Å². The second kappa shape index (κ2) is 55.2. The molecular formula is C61H104O6. The van der Waals surface area contributed by atoms with Gasteiger partial charge in [0, 0.05) is 19.3 Å². The monoisotopic (exact) mass is 933 g/mol. The van der Waals surface area contributed by atoms with Gasteiger partial charge in [0.15, 0.2) is 6.10 Å². The van der Waals surface area contributed by atoms with Crippen LogP contribution in [0.15, 0.2) is 85.1 Å². The molecule has 0 aliphatic carbocycles. The lowest BCUT2D eigenvalue weighted by Crippen LogP contribution is -2.30. The van der Waals surface area contributed by atoms with Crippen LogP contribution in [-0.4, -0.2) is 37.2 Å². The Labute approximate surface area is 414 Å². The van der Waals surface area contributed by atoms with Crippen LogP contribution in [0.3, 0.4) is 0 Å². The molecule has 0 fully saturated rings. The minimum absolute atomic E-state index is 0.0984. The van der Waals surface area contributed by atoms with Gasteiger partial charge in [-0.2, -0.15) is 0 Å². The van der Waals surface area contributed by atoms with Crippen molar-refractivity contribution in [3.8, 4) is 0 Å². The van der Waals surface area contributed by atoms with E-state index in [-0.39, 0.29) is 31.1 Å². The van der Waals surface area contributed by atoms with Gasteiger partial charge in [-0.05, 0) is 116 Å². The predicted molar refractivity (Wildman–Crippen MR) is 288 cm³/mol. The third-order valence-corrected chi connectivity index (χ3v) is 11.9. The van der Waals surface area contributed by atoms with Gasteiger partial charge >= 0.3 is 17.9 Å². The van der Waals surface area contributed by atoms with E-state index in [4.69, 9.17) is 14.2 Å². The Hall–Kier alpha value is -3.41. The van der Waals surface area contributed by atoms with Gasteiger partial charge in [0.2, 0.25) is 0 Å². The zero-order valence-corrected chi connectivity index (χ0v) is 43.9. The quantitative estimate of drug-likeness (QED) is 0.0262. The van der Waals surface area contributed by atoms with Gasteiger partial charge in [0.1, 0.15) is 13.2 Å². The minimum atomic E-state index is -0.801. The number of esters is 3. The highest BCUT2D eigenvalue weighted by atomic mass is 16.6. The van der Waals surface area contributed by atoms with Crippen LogP contribution < -0.4 is 0 Å². The van der Waals surface area contributed by atoms with Gasteiger partial charge in [-0.25, -0.2) is 0 Å². The van der Waals surface area contributed by atoms with Crippen LogP contribution in [0.4, 0.5) is 0 Å². The van der Waals surface area contributed by atoms with Crippen molar-refractivity contribution in [2.75, 3.05) is 13.2 Å². The summed E-state index contributed by atoms with van der Waals surface area (Å²) in [6.07, 6.45) is 71.4. The molecule has 1 atom stereocenters. The molecule has 0 saturated heterocycles. The van der Waals surface area contributed by atoms with E-state index in [1.165, 1.54) is 116 Å². The fraction of sp³-hybridized carbons (Fsp3) is 0.721. The Kier molecular flexibility index (Phi) is 52.4. The number of allylic oxidation sites excluding steroid dienone is 14. The summed E-state index contributed by atoms with van der Waals surface area (Å²) in [5, 5.41) is 0. The average molecular weight is 933 g/mol. The number of ether oxygens (including phenoxy) is 3. The van der Waals surface area contributed by atoms with Gasteiger partial charge in [-0.3, -0.25) is 14.4 Å². The van der Waals surface area contributed by atoms with Gasteiger partial charge < -0.3 is 14.2 Å². The summed E-state index contributed by atoms with van der Waals surface area (Å²) in [6, 6.07) is 0. The standard InChI is InChI=1S/C61H104O6/c1-4-7-10-13-16-19-22-25-28-29-30-31-34-37-40-43-46-49-52-55-61(64)67-58(56-65-59(62)53-50-47-44-41-38-35-32-26-23-20-17-14-11-8-5-2)57-66-60(63)54-51-48-45-42-39-36-33-27-24-21-18-15-12-9-6-3/h8,11,17-18,20-21,25-28,32-33,39,42,58H,4-7,9-10,12-16,19,22-24,29-31,34-38,40-41,43-57H2,1-3H3/b11-8-,20-17-,21-18-,28-25-,32-26-,33-27-,42-39-/t58-/m1/s1. The first-order chi connectivity index (χ1) is 33.0. The van der Waals surface area contributed by atoms with E-state index in [0.717, 1.165) is 109 Å². The average Bonchev–Trinajstić information content (AvgIpc) is 3.33. The summed E-state index contributed by atoms with van der Waals surface area (Å²) >= 11 is 0. The molecule has 0 spiro atoms. The Morgan fingerprint density at radius 2 is 0.582 bits per heavy atom. The zero-order chi connectivity index (χ0) is 48.6. The number of hydrogen-bond donors (Lipinski definition) is 0. The second-order valence-electron chi connectivity index (χ2n) is 18.5. The SMILES string of the molecule is CC/C=C\C/C=C\C/C=C\CCCCCCCC(=O)OC[C@H](COC(=O)CCCC/C=C\C/C=C\C/C=C\CCCCC)OC(=O)CCCCCCCCCCC/C=C\CCCCCCCC. The van der Waals surface area contributed by atoms with E-state index in [2.05, 4.69) is 106 Å². The highest BCUT2D eigenvalue weighted by Crippen LogP contribution is 2.15. The molecule has 0 aromatic heterocycles. The molecule has 0 rings (SSSR count). The van der Waals surface area contributed by atoms with Gasteiger partial charge in [-0.1, -0.05) is 215 Å². The topological polar surface area (TPSA) is 78.9 Å². The fourth-order valence-electron chi connectivity index (χ4n) is 7.63. The number of unbranched alkanes of at least 4 members (excludes halogenated alkanes) is 25. The molecule has 0 saturated carbocycles. The fourth-order valence-corrected chi connectivity index (χ4v) is 7.63. The normalized spacial score (nSPS) is 12.7. The summed E-state index contributed by atoms with van der Waals surface area (Å²) in [6.45, 7) is 6.45. The first-order valence-corrected chi connectivity index (χ1v) is 28.1. The summed E-state index contributed by atoms with van der Waals surface area (Å²) < 4.78 is 16.8. The lowest BCUT2D eigenvalue weighted by Gasteiger charge is -2.18. The van der Waals surface area contributed by atoms with E-state index in [1.54, 1.807) is 0 Å². The third-order valence-electron chi connectivity index (χ3n) is 11.9. The molecular weight excluding hydrogens is 829 g/mol. The first-order valence-electron chi connectivity index (χ1n) is 28.1. The zero-order valence-electron chi connectivity index (χ0n) is 43.9. The van der Waals surface area contributed by atoms with Crippen molar-refractivity contribution in [2.45, 2.75) is 271 Å². The Morgan fingerprint density at radius 3 is 0.985 bits per heavy atom. The van der Waals surface area contributed by atoms with Crippen molar-refractivity contribution in [2.24, 2.45) is 0 Å². The Balaban J connectivity index is 4.45. The van der Waals surface area contributed by atoms with Crippen LogP contribution in [-0.2, 0) is 28.6 Å². The van der Waals surface area contributed by atoms with E-state index in [9.17, 15) is 14.4 Å². The molecule has 0 N–H and O–H groups in total. The second-order valence-corrected chi connectivity index (χ2v) is 18.5. The molecule has 0 aliphatic heterocycles. The summed E-state index contributed by atoms with van der Waals surface area (Å²) in [5.41, 5.74) is 0. The molecule has 0 amide bonds. The van der Waals surface area contributed by atoms with Crippen LogP contribution in [0.1, 0.15) is 265 Å².